The molecule has 0 rings (SSSR count). The minimum Gasteiger partial charge on any atom is -0.450 e. The second kappa shape index (κ2) is 35.3. The maximum Gasteiger partial charge on any atom is 0.466 e. The lowest BCUT2D eigenvalue weighted by Crippen LogP contribution is -2.27. The standard InChI is InChI=1S/3C9H20N2O2.H3O4P/c3*1-4-8-13-9(12)10-6-5-7-11(2)3;1-5(2,3)4/h3*4-8H2,1-3H3,(H,10,12);(H3,1,2,3,4). The summed E-state index contributed by atoms with van der Waals surface area (Å²) in [5.41, 5.74) is 0. The molecular formula is C27H63N6O10P. The Morgan fingerprint density at radius 3 is 0.909 bits per heavy atom. The molecule has 0 aliphatic heterocycles. The van der Waals surface area contributed by atoms with E-state index in [0.29, 0.717) is 39.5 Å². The summed E-state index contributed by atoms with van der Waals surface area (Å²) in [5, 5.41) is 8.06. The minimum absolute atomic E-state index is 0.305. The normalized spacial score (nSPS) is 10.3. The van der Waals surface area contributed by atoms with Crippen LogP contribution < -0.4 is 16.0 Å². The molecule has 0 aliphatic rings. The first-order valence-corrected chi connectivity index (χ1v) is 16.5. The molecule has 266 valence electrons. The number of nitrogens with zero attached hydrogens (tertiary/aromatic N) is 3. The molecule has 0 aromatic rings. The molecule has 0 atom stereocenters. The lowest BCUT2D eigenvalue weighted by atomic mass is 10.4. The summed E-state index contributed by atoms with van der Waals surface area (Å²) in [4.78, 5) is 60.5. The highest BCUT2D eigenvalue weighted by atomic mass is 31.2. The Labute approximate surface area is 265 Å². The number of nitrogens with one attached hydrogen (secondary N) is 3. The van der Waals surface area contributed by atoms with Crippen LogP contribution in [0, 0.1) is 0 Å². The van der Waals surface area contributed by atoms with Gasteiger partial charge in [0.1, 0.15) is 0 Å². The van der Waals surface area contributed by atoms with E-state index in [0.717, 1.165) is 58.2 Å². The van der Waals surface area contributed by atoms with Gasteiger partial charge in [-0.05, 0) is 100 Å². The highest BCUT2D eigenvalue weighted by molar-refractivity contribution is 7.45. The predicted molar refractivity (Wildman–Crippen MR) is 173 cm³/mol. The molecule has 17 heteroatoms. The van der Waals surface area contributed by atoms with Gasteiger partial charge < -0.3 is 59.5 Å². The van der Waals surface area contributed by atoms with Crippen LogP contribution in [0.2, 0.25) is 0 Å². The van der Waals surface area contributed by atoms with Crippen molar-refractivity contribution in [2.75, 3.05) is 101 Å². The molecule has 0 radical (unpaired) electrons. The SMILES string of the molecule is CCCOC(=O)NCCCN(C)C.CCCOC(=O)NCCCN(C)C.CCCOC(=O)NCCCN(C)C.O=P(O)(O)O. The summed E-state index contributed by atoms with van der Waals surface area (Å²) in [7, 11) is 7.42. The summed E-state index contributed by atoms with van der Waals surface area (Å²) < 4.78 is 23.4. The van der Waals surface area contributed by atoms with Gasteiger partial charge >= 0.3 is 26.1 Å². The molecule has 0 bridgehead atoms. The zero-order valence-electron chi connectivity index (χ0n) is 28.6. The topological polar surface area (TPSA) is 202 Å². The Bertz CT molecular complexity index is 628. The molecule has 0 aromatic carbocycles. The molecule has 16 nitrogen and oxygen atoms in total. The third-order valence-electron chi connectivity index (χ3n) is 4.47. The van der Waals surface area contributed by atoms with Crippen LogP contribution in [0.15, 0.2) is 0 Å². The number of amides is 3. The van der Waals surface area contributed by atoms with Crippen molar-refractivity contribution in [1.82, 2.24) is 30.7 Å². The van der Waals surface area contributed by atoms with Crippen LogP contribution in [0.4, 0.5) is 14.4 Å². The van der Waals surface area contributed by atoms with Gasteiger partial charge in [-0.3, -0.25) is 0 Å². The summed E-state index contributed by atoms with van der Waals surface area (Å²) in [6.07, 6.45) is 4.54. The molecule has 44 heavy (non-hydrogen) atoms. The van der Waals surface area contributed by atoms with Crippen molar-refractivity contribution >= 4 is 26.1 Å². The minimum atomic E-state index is -4.64. The largest absolute Gasteiger partial charge is 0.466 e. The van der Waals surface area contributed by atoms with Crippen LogP contribution >= 0.6 is 7.82 Å². The predicted octanol–water partition coefficient (Wildman–Crippen LogP) is 2.29. The van der Waals surface area contributed by atoms with E-state index in [1.54, 1.807) is 0 Å². The van der Waals surface area contributed by atoms with E-state index >= 15 is 0 Å². The summed E-state index contributed by atoms with van der Waals surface area (Å²) in [5.74, 6) is 0. The Hall–Kier alpha value is -2.20. The van der Waals surface area contributed by atoms with Gasteiger partial charge in [0.15, 0.2) is 0 Å². The van der Waals surface area contributed by atoms with Crippen molar-refractivity contribution in [3.63, 3.8) is 0 Å². The van der Waals surface area contributed by atoms with Crippen molar-refractivity contribution in [3.05, 3.63) is 0 Å². The van der Waals surface area contributed by atoms with Crippen molar-refractivity contribution in [2.24, 2.45) is 0 Å². The zero-order chi connectivity index (χ0) is 34.8. The van der Waals surface area contributed by atoms with Crippen LogP contribution in [0.1, 0.15) is 59.3 Å². The number of ether oxygens (including phenoxy) is 3. The fraction of sp³-hybridized carbons (Fsp3) is 0.889. The third kappa shape index (κ3) is 63.2. The van der Waals surface area contributed by atoms with Crippen molar-refractivity contribution in [2.45, 2.75) is 59.3 Å². The molecular weight excluding hydrogens is 599 g/mol. The van der Waals surface area contributed by atoms with E-state index in [4.69, 9.17) is 33.5 Å². The van der Waals surface area contributed by atoms with E-state index in [1.165, 1.54) is 0 Å². The lowest BCUT2D eigenvalue weighted by molar-refractivity contribution is 0.145. The number of carbonyl (C=O) groups excluding carboxylic acids is 3. The molecule has 0 saturated carbocycles. The van der Waals surface area contributed by atoms with Gasteiger partial charge in [-0.1, -0.05) is 20.8 Å². The fourth-order valence-corrected chi connectivity index (χ4v) is 2.49. The van der Waals surface area contributed by atoms with Gasteiger partial charge in [0.05, 0.1) is 19.8 Å². The van der Waals surface area contributed by atoms with Crippen LogP contribution in [0.25, 0.3) is 0 Å². The zero-order valence-corrected chi connectivity index (χ0v) is 29.5. The quantitative estimate of drug-likeness (QED) is 0.0710. The molecule has 6 N–H and O–H groups in total. The van der Waals surface area contributed by atoms with E-state index in [9.17, 15) is 14.4 Å². The summed E-state index contributed by atoms with van der Waals surface area (Å²) in [6, 6.07) is 0. The molecule has 0 aliphatic carbocycles. The number of hydrogen-bond acceptors (Lipinski definition) is 10. The average molecular weight is 663 g/mol. The molecule has 0 heterocycles. The Kier molecular flexibility index (Phi) is 39.0. The maximum absolute atomic E-state index is 10.9. The molecule has 3 amide bonds. The van der Waals surface area contributed by atoms with Crippen LogP contribution in [-0.2, 0) is 18.8 Å². The average Bonchev–Trinajstić information content (AvgIpc) is 2.92. The van der Waals surface area contributed by atoms with E-state index in [2.05, 4.69) is 30.7 Å². The Morgan fingerprint density at radius 2 is 0.750 bits per heavy atom. The highest BCUT2D eigenvalue weighted by Gasteiger charge is 2.01. The van der Waals surface area contributed by atoms with Crippen LogP contribution in [0.3, 0.4) is 0 Å². The molecule has 0 saturated heterocycles. The monoisotopic (exact) mass is 662 g/mol. The lowest BCUT2D eigenvalue weighted by Gasteiger charge is -2.09. The number of phosphoric acid groups is 1. The van der Waals surface area contributed by atoms with Crippen molar-refractivity contribution < 1.29 is 47.8 Å². The van der Waals surface area contributed by atoms with E-state index in [1.807, 2.05) is 63.1 Å². The van der Waals surface area contributed by atoms with Crippen LogP contribution in [-0.4, -0.2) is 149 Å². The van der Waals surface area contributed by atoms with Gasteiger partial charge in [0.25, 0.3) is 0 Å². The number of hydrogen-bond donors (Lipinski definition) is 6. The maximum atomic E-state index is 10.9. The van der Waals surface area contributed by atoms with Gasteiger partial charge in [-0.15, -0.1) is 0 Å². The smallest absolute Gasteiger partial charge is 0.450 e. The molecule has 0 unspecified atom stereocenters. The fourth-order valence-electron chi connectivity index (χ4n) is 2.49. The second-order valence-electron chi connectivity index (χ2n) is 10.2. The first kappa shape index (κ1) is 48.7. The molecule has 0 aromatic heterocycles. The van der Waals surface area contributed by atoms with Gasteiger partial charge in [-0.2, -0.15) is 0 Å². The molecule has 0 fully saturated rings. The number of rotatable bonds is 18. The summed E-state index contributed by atoms with van der Waals surface area (Å²) in [6.45, 7) is 12.4. The summed E-state index contributed by atoms with van der Waals surface area (Å²) >= 11 is 0. The van der Waals surface area contributed by atoms with Crippen molar-refractivity contribution in [1.29, 1.82) is 0 Å². The second-order valence-corrected chi connectivity index (χ2v) is 11.2. The Balaban J connectivity index is -0.000000253. The van der Waals surface area contributed by atoms with Crippen LogP contribution in [0.5, 0.6) is 0 Å². The third-order valence-corrected chi connectivity index (χ3v) is 4.47. The van der Waals surface area contributed by atoms with E-state index < -0.39 is 7.82 Å². The highest BCUT2D eigenvalue weighted by Crippen LogP contribution is 2.25. The number of carbonyl (C=O) groups is 3. The first-order valence-electron chi connectivity index (χ1n) is 14.9. The van der Waals surface area contributed by atoms with Gasteiger partial charge in [0, 0.05) is 19.6 Å². The first-order chi connectivity index (χ1) is 20.5. The van der Waals surface area contributed by atoms with Crippen molar-refractivity contribution in [3.8, 4) is 0 Å². The van der Waals surface area contributed by atoms with Gasteiger partial charge in [0.2, 0.25) is 0 Å². The number of alkyl carbamates (subject to hydrolysis) is 3. The van der Waals surface area contributed by atoms with E-state index in [-0.39, 0.29) is 18.3 Å². The Morgan fingerprint density at radius 1 is 0.545 bits per heavy atom. The molecule has 0 spiro atoms. The van der Waals surface area contributed by atoms with Gasteiger partial charge in [-0.25, -0.2) is 18.9 Å².